The van der Waals surface area contributed by atoms with Gasteiger partial charge in [-0.25, -0.2) is 4.79 Å². The number of aromatic nitrogens is 2. The zero-order chi connectivity index (χ0) is 15.4. The Morgan fingerprint density at radius 2 is 1.95 bits per heavy atom. The number of hydrogen-bond donors (Lipinski definition) is 2. The molecule has 1 heterocycles. The van der Waals surface area contributed by atoms with Crippen molar-refractivity contribution >= 4 is 15.9 Å². The molecule has 0 amide bonds. The molecule has 0 saturated heterocycles. The number of unbranched alkanes of at least 4 members (excludes halogenated alkanes) is 2. The van der Waals surface area contributed by atoms with E-state index in [1.807, 2.05) is 6.07 Å². The summed E-state index contributed by atoms with van der Waals surface area (Å²) >= 11 is 3.36. The van der Waals surface area contributed by atoms with Crippen LogP contribution in [-0.4, -0.2) is 14.7 Å². The van der Waals surface area contributed by atoms with Gasteiger partial charge in [0.2, 0.25) is 5.88 Å². The van der Waals surface area contributed by atoms with Crippen molar-refractivity contribution in [1.29, 1.82) is 0 Å². The molecule has 112 valence electrons. The molecule has 2 aromatic rings. The van der Waals surface area contributed by atoms with E-state index in [-0.39, 0.29) is 11.4 Å². The smallest absolute Gasteiger partial charge is 0.331 e. The molecule has 0 unspecified atom stereocenters. The Bertz CT molecular complexity index is 749. The number of aromatic amines is 1. The number of hydrogen-bond acceptors (Lipinski definition) is 3. The molecule has 0 aliphatic heterocycles. The average molecular weight is 353 g/mol. The minimum absolute atomic E-state index is 0.110. The second-order valence-corrected chi connectivity index (χ2v) is 5.65. The average Bonchev–Trinajstić information content (AvgIpc) is 2.44. The summed E-state index contributed by atoms with van der Waals surface area (Å²) in [6.07, 6.45) is 2.73. The van der Waals surface area contributed by atoms with Crippen LogP contribution in [0.2, 0.25) is 0 Å². The summed E-state index contributed by atoms with van der Waals surface area (Å²) in [5.74, 6) is -0.285. The summed E-state index contributed by atoms with van der Waals surface area (Å²) in [5.41, 5.74) is -0.500. The highest BCUT2D eigenvalue weighted by molar-refractivity contribution is 9.10. The van der Waals surface area contributed by atoms with E-state index in [0.717, 1.165) is 19.3 Å². The van der Waals surface area contributed by atoms with E-state index in [1.54, 1.807) is 18.2 Å². The summed E-state index contributed by atoms with van der Waals surface area (Å²) in [6, 6.07) is 7.08. The van der Waals surface area contributed by atoms with Gasteiger partial charge in [-0.15, -0.1) is 0 Å². The molecular weight excluding hydrogens is 336 g/mol. The number of H-pyrrole nitrogens is 1. The second-order valence-electron chi connectivity index (χ2n) is 4.80. The van der Waals surface area contributed by atoms with Crippen molar-refractivity contribution in [2.75, 3.05) is 0 Å². The fourth-order valence-corrected chi connectivity index (χ4v) is 2.68. The lowest BCUT2D eigenvalue weighted by atomic mass is 10.1. The van der Waals surface area contributed by atoms with Gasteiger partial charge < -0.3 is 5.11 Å². The number of rotatable bonds is 5. The maximum atomic E-state index is 12.0. The number of benzene rings is 1. The van der Waals surface area contributed by atoms with Crippen LogP contribution in [0.25, 0.3) is 11.1 Å². The van der Waals surface area contributed by atoms with Gasteiger partial charge >= 0.3 is 5.69 Å². The minimum Gasteiger partial charge on any atom is -0.494 e. The first-order valence-corrected chi connectivity index (χ1v) is 7.66. The lowest BCUT2D eigenvalue weighted by Crippen LogP contribution is -2.31. The van der Waals surface area contributed by atoms with Crippen LogP contribution in [0, 0.1) is 0 Å². The first kappa shape index (κ1) is 15.6. The third-order valence-electron chi connectivity index (χ3n) is 3.30. The van der Waals surface area contributed by atoms with Crippen LogP contribution in [-0.2, 0) is 6.54 Å². The zero-order valence-electron chi connectivity index (χ0n) is 11.7. The van der Waals surface area contributed by atoms with Gasteiger partial charge in [-0.05, 0) is 12.5 Å². The summed E-state index contributed by atoms with van der Waals surface area (Å²) < 4.78 is 1.90. The lowest BCUT2D eigenvalue weighted by Gasteiger charge is -2.12. The molecule has 2 N–H and O–H groups in total. The van der Waals surface area contributed by atoms with E-state index in [4.69, 9.17) is 0 Å². The van der Waals surface area contributed by atoms with Gasteiger partial charge in [0, 0.05) is 16.6 Å². The van der Waals surface area contributed by atoms with E-state index in [9.17, 15) is 14.7 Å². The monoisotopic (exact) mass is 352 g/mol. The Hall–Kier alpha value is -1.82. The highest BCUT2D eigenvalue weighted by Gasteiger charge is 2.17. The summed E-state index contributed by atoms with van der Waals surface area (Å²) in [4.78, 5) is 26.2. The van der Waals surface area contributed by atoms with Crippen molar-refractivity contribution < 1.29 is 5.11 Å². The topological polar surface area (TPSA) is 75.1 Å². The first-order chi connectivity index (χ1) is 10.1. The fourth-order valence-electron chi connectivity index (χ4n) is 2.19. The van der Waals surface area contributed by atoms with Crippen LogP contribution in [0.4, 0.5) is 0 Å². The SMILES string of the molecule is CCCCCn1c(O)c(-c2ccccc2Br)c(=O)[nH]c1=O. The number of nitrogens with zero attached hydrogens (tertiary/aromatic N) is 1. The van der Waals surface area contributed by atoms with E-state index in [0.29, 0.717) is 16.6 Å². The van der Waals surface area contributed by atoms with Crippen LogP contribution < -0.4 is 11.2 Å². The molecule has 0 saturated carbocycles. The predicted molar refractivity (Wildman–Crippen MR) is 85.6 cm³/mol. The molecule has 0 spiro atoms. The van der Waals surface area contributed by atoms with Crippen molar-refractivity contribution in [1.82, 2.24) is 9.55 Å². The van der Waals surface area contributed by atoms with Crippen molar-refractivity contribution in [3.8, 4) is 17.0 Å². The van der Waals surface area contributed by atoms with Crippen LogP contribution in [0.15, 0.2) is 38.3 Å². The normalized spacial score (nSPS) is 10.8. The summed E-state index contributed by atoms with van der Waals surface area (Å²) in [6.45, 7) is 2.44. The van der Waals surface area contributed by atoms with Gasteiger partial charge in [-0.3, -0.25) is 14.3 Å². The molecule has 0 radical (unpaired) electrons. The second kappa shape index (κ2) is 6.76. The van der Waals surface area contributed by atoms with Gasteiger partial charge in [-0.2, -0.15) is 0 Å². The maximum Gasteiger partial charge on any atom is 0.331 e. The number of halogens is 1. The summed E-state index contributed by atoms with van der Waals surface area (Å²) in [7, 11) is 0. The molecule has 0 aliphatic carbocycles. The predicted octanol–water partition coefficient (Wildman–Crippen LogP) is 2.86. The van der Waals surface area contributed by atoms with Gasteiger partial charge in [0.25, 0.3) is 5.56 Å². The Kier molecular flexibility index (Phi) is 5.01. The quantitative estimate of drug-likeness (QED) is 0.812. The molecule has 1 aromatic heterocycles. The zero-order valence-corrected chi connectivity index (χ0v) is 13.3. The first-order valence-electron chi connectivity index (χ1n) is 6.87. The molecule has 0 atom stereocenters. The molecule has 0 bridgehead atoms. The third-order valence-corrected chi connectivity index (χ3v) is 3.99. The van der Waals surface area contributed by atoms with Crippen LogP contribution in [0.3, 0.4) is 0 Å². The highest BCUT2D eigenvalue weighted by atomic mass is 79.9. The Morgan fingerprint density at radius 3 is 2.62 bits per heavy atom. The largest absolute Gasteiger partial charge is 0.494 e. The van der Waals surface area contributed by atoms with Crippen molar-refractivity contribution in [3.05, 3.63) is 49.6 Å². The Morgan fingerprint density at radius 1 is 1.24 bits per heavy atom. The molecule has 5 nitrogen and oxygen atoms in total. The van der Waals surface area contributed by atoms with Gasteiger partial charge in [0.1, 0.15) is 5.56 Å². The Labute approximate surface area is 130 Å². The standard InChI is InChI=1S/C15H17BrN2O3/c1-2-3-6-9-18-14(20)12(13(19)17-15(18)21)10-7-4-5-8-11(10)16/h4-5,7-8,20H,2-3,6,9H2,1H3,(H,17,19,21). The molecule has 1 aromatic carbocycles. The van der Waals surface area contributed by atoms with Crippen LogP contribution in [0.1, 0.15) is 26.2 Å². The van der Waals surface area contributed by atoms with Crippen molar-refractivity contribution in [2.45, 2.75) is 32.7 Å². The van der Waals surface area contributed by atoms with E-state index in [2.05, 4.69) is 27.8 Å². The summed E-state index contributed by atoms with van der Waals surface area (Å²) in [5, 5.41) is 10.3. The third kappa shape index (κ3) is 3.26. The van der Waals surface area contributed by atoms with Gasteiger partial charge in [0.15, 0.2) is 0 Å². The van der Waals surface area contributed by atoms with E-state index < -0.39 is 11.2 Å². The molecule has 6 heteroatoms. The minimum atomic E-state index is -0.587. The molecular formula is C15H17BrN2O3. The molecule has 21 heavy (non-hydrogen) atoms. The number of aromatic hydroxyl groups is 1. The van der Waals surface area contributed by atoms with Crippen molar-refractivity contribution in [3.63, 3.8) is 0 Å². The lowest BCUT2D eigenvalue weighted by molar-refractivity contribution is 0.396. The van der Waals surface area contributed by atoms with Gasteiger partial charge in [-0.1, -0.05) is 53.9 Å². The van der Waals surface area contributed by atoms with Crippen molar-refractivity contribution in [2.24, 2.45) is 0 Å². The van der Waals surface area contributed by atoms with E-state index >= 15 is 0 Å². The highest BCUT2D eigenvalue weighted by Crippen LogP contribution is 2.30. The van der Waals surface area contributed by atoms with Gasteiger partial charge in [0.05, 0.1) is 0 Å². The Balaban J connectivity index is 2.57. The molecule has 0 fully saturated rings. The fraction of sp³-hybridized carbons (Fsp3) is 0.333. The van der Waals surface area contributed by atoms with E-state index in [1.165, 1.54) is 4.57 Å². The van der Waals surface area contributed by atoms with Crippen LogP contribution in [0.5, 0.6) is 5.88 Å². The molecule has 2 rings (SSSR count). The molecule has 0 aliphatic rings. The number of nitrogens with one attached hydrogen (secondary N) is 1. The maximum absolute atomic E-state index is 12.0. The van der Waals surface area contributed by atoms with Crippen LogP contribution >= 0.6 is 15.9 Å².